The highest BCUT2D eigenvalue weighted by atomic mass is 35.5. The van der Waals surface area contributed by atoms with Crippen molar-refractivity contribution in [3.05, 3.63) is 45.4 Å². The van der Waals surface area contributed by atoms with Crippen LogP contribution < -0.4 is 4.90 Å². The number of fused-ring (bicyclic) bond motifs is 1. The lowest BCUT2D eigenvalue weighted by atomic mass is 10.1. The molecule has 0 fully saturated rings. The van der Waals surface area contributed by atoms with E-state index in [1.165, 1.54) is 22.3 Å². The summed E-state index contributed by atoms with van der Waals surface area (Å²) in [6, 6.07) is 4.88. The number of carbonyl (C=O) groups excluding carboxylic acids is 2. The molecule has 1 aliphatic rings. The molecule has 2 aromatic rings. The molecule has 0 spiro atoms. The molecular formula is C12H7ClN2O2S. The predicted octanol–water partition coefficient (Wildman–Crippen LogP) is 2.53. The first-order valence-corrected chi connectivity index (χ1v) is 6.51. The number of thiazole rings is 1. The molecule has 1 aromatic carbocycles. The third-order valence-electron chi connectivity index (χ3n) is 2.74. The van der Waals surface area contributed by atoms with Crippen molar-refractivity contribution in [3.63, 3.8) is 0 Å². The van der Waals surface area contributed by atoms with Crippen LogP contribution in [0.3, 0.4) is 0 Å². The molecule has 1 amide bonds. The van der Waals surface area contributed by atoms with E-state index < -0.39 is 11.7 Å². The van der Waals surface area contributed by atoms with Gasteiger partial charge >= 0.3 is 0 Å². The van der Waals surface area contributed by atoms with Crippen molar-refractivity contribution in [3.8, 4) is 0 Å². The molecule has 0 N–H and O–H groups in total. The molecule has 0 radical (unpaired) electrons. The lowest BCUT2D eigenvalue weighted by Gasteiger charge is -2.14. The standard InChI is InChI=1S/C12H7ClN2O2S/c13-7-1-2-10-9(3-7)11(16)12(17)15(10)4-8-5-18-6-14-8/h1-3,5-6H,4H2. The van der Waals surface area contributed by atoms with E-state index in [2.05, 4.69) is 4.98 Å². The summed E-state index contributed by atoms with van der Waals surface area (Å²) < 4.78 is 0. The van der Waals surface area contributed by atoms with Crippen LogP contribution in [0.2, 0.25) is 5.02 Å². The minimum Gasteiger partial charge on any atom is -0.299 e. The zero-order chi connectivity index (χ0) is 12.7. The van der Waals surface area contributed by atoms with E-state index in [4.69, 9.17) is 11.6 Å². The number of halogens is 1. The number of Topliss-reactive ketones (excluding diaryl/α,β-unsaturated/α-hetero) is 1. The van der Waals surface area contributed by atoms with Gasteiger partial charge in [0.05, 0.1) is 29.0 Å². The number of hydrogen-bond donors (Lipinski definition) is 0. The van der Waals surface area contributed by atoms with Crippen LogP contribution in [0.4, 0.5) is 5.69 Å². The van der Waals surface area contributed by atoms with Gasteiger partial charge in [-0.15, -0.1) is 11.3 Å². The maximum absolute atomic E-state index is 11.9. The minimum atomic E-state index is -0.528. The van der Waals surface area contributed by atoms with Gasteiger partial charge < -0.3 is 0 Å². The Labute approximate surface area is 112 Å². The Morgan fingerprint density at radius 2 is 2.17 bits per heavy atom. The van der Waals surface area contributed by atoms with E-state index in [-0.39, 0.29) is 0 Å². The fourth-order valence-electron chi connectivity index (χ4n) is 1.91. The number of rotatable bonds is 2. The zero-order valence-electron chi connectivity index (χ0n) is 9.09. The van der Waals surface area contributed by atoms with Gasteiger partial charge in [0.1, 0.15) is 0 Å². The van der Waals surface area contributed by atoms with Crippen molar-refractivity contribution in [2.75, 3.05) is 4.90 Å². The Morgan fingerprint density at radius 3 is 2.89 bits per heavy atom. The highest BCUT2D eigenvalue weighted by Gasteiger charge is 2.36. The van der Waals surface area contributed by atoms with Gasteiger partial charge in [-0.3, -0.25) is 14.5 Å². The molecule has 3 rings (SSSR count). The maximum atomic E-state index is 11.9. The summed E-state index contributed by atoms with van der Waals surface area (Å²) in [7, 11) is 0. The first kappa shape index (κ1) is 11.4. The highest BCUT2D eigenvalue weighted by molar-refractivity contribution is 7.07. The van der Waals surface area contributed by atoms with E-state index in [1.54, 1.807) is 17.6 Å². The second-order valence-electron chi connectivity index (χ2n) is 3.86. The van der Waals surface area contributed by atoms with Crippen molar-refractivity contribution in [2.45, 2.75) is 6.54 Å². The fraction of sp³-hybridized carbons (Fsp3) is 0.0833. The smallest absolute Gasteiger partial charge is 0.299 e. The van der Waals surface area contributed by atoms with E-state index in [1.807, 2.05) is 5.38 Å². The summed E-state index contributed by atoms with van der Waals surface area (Å²) in [5.74, 6) is -1.04. The Morgan fingerprint density at radius 1 is 1.33 bits per heavy atom. The summed E-state index contributed by atoms with van der Waals surface area (Å²) in [6.45, 7) is 0.308. The summed E-state index contributed by atoms with van der Waals surface area (Å²) in [5, 5.41) is 2.30. The molecule has 1 aromatic heterocycles. The number of nitrogens with zero attached hydrogens (tertiary/aromatic N) is 2. The van der Waals surface area contributed by atoms with Gasteiger partial charge in [0.2, 0.25) is 0 Å². The molecule has 0 atom stereocenters. The van der Waals surface area contributed by atoms with Gasteiger partial charge in [0.15, 0.2) is 0 Å². The lowest BCUT2D eigenvalue weighted by molar-refractivity contribution is -0.114. The molecule has 4 nitrogen and oxygen atoms in total. The van der Waals surface area contributed by atoms with Crippen molar-refractivity contribution in [2.24, 2.45) is 0 Å². The number of benzene rings is 1. The van der Waals surface area contributed by atoms with E-state index in [0.717, 1.165) is 5.69 Å². The van der Waals surface area contributed by atoms with Crippen molar-refractivity contribution in [1.29, 1.82) is 0 Å². The van der Waals surface area contributed by atoms with Crippen LogP contribution in [0.25, 0.3) is 0 Å². The van der Waals surface area contributed by atoms with E-state index in [9.17, 15) is 9.59 Å². The molecule has 18 heavy (non-hydrogen) atoms. The third-order valence-corrected chi connectivity index (χ3v) is 3.61. The van der Waals surface area contributed by atoms with Crippen LogP contribution in [0.5, 0.6) is 0 Å². The average molecular weight is 279 g/mol. The Balaban J connectivity index is 2.02. The van der Waals surface area contributed by atoms with E-state index in [0.29, 0.717) is 22.8 Å². The van der Waals surface area contributed by atoms with Crippen molar-refractivity contribution in [1.82, 2.24) is 4.98 Å². The molecule has 90 valence electrons. The Hall–Kier alpha value is -1.72. The molecule has 6 heteroatoms. The quantitative estimate of drug-likeness (QED) is 0.793. The van der Waals surface area contributed by atoms with Gasteiger partial charge in [-0.25, -0.2) is 4.98 Å². The van der Waals surface area contributed by atoms with Crippen LogP contribution in [0, 0.1) is 0 Å². The highest BCUT2D eigenvalue weighted by Crippen LogP contribution is 2.32. The average Bonchev–Trinajstić information content (AvgIpc) is 2.94. The number of anilines is 1. The minimum absolute atomic E-state index is 0.308. The Bertz CT molecular complexity index is 640. The largest absolute Gasteiger partial charge is 0.299 e. The SMILES string of the molecule is O=C1C(=O)N(Cc2cscn2)c2ccc(Cl)cc21. The van der Waals surface area contributed by atoms with Crippen LogP contribution in [-0.4, -0.2) is 16.7 Å². The number of ketones is 1. The van der Waals surface area contributed by atoms with Gasteiger partial charge in [0.25, 0.3) is 11.7 Å². The fourth-order valence-corrected chi connectivity index (χ4v) is 2.63. The van der Waals surface area contributed by atoms with Crippen LogP contribution in [0.1, 0.15) is 16.1 Å². The normalized spacial score (nSPS) is 14.2. The number of carbonyl (C=O) groups is 2. The summed E-state index contributed by atoms with van der Waals surface area (Å²) in [6.07, 6.45) is 0. The molecule has 0 unspecified atom stereocenters. The maximum Gasteiger partial charge on any atom is 0.299 e. The Kier molecular flexibility index (Phi) is 2.65. The molecule has 0 saturated carbocycles. The second kappa shape index (κ2) is 4.19. The van der Waals surface area contributed by atoms with Gasteiger partial charge in [-0.1, -0.05) is 11.6 Å². The number of amides is 1. The summed E-state index contributed by atoms with van der Waals surface area (Å²) in [5.41, 5.74) is 3.43. The first-order chi connectivity index (χ1) is 8.66. The van der Waals surface area contributed by atoms with Crippen LogP contribution in [-0.2, 0) is 11.3 Å². The predicted molar refractivity (Wildman–Crippen MR) is 69.1 cm³/mol. The molecule has 2 heterocycles. The van der Waals surface area contributed by atoms with Gasteiger partial charge in [0, 0.05) is 10.4 Å². The van der Waals surface area contributed by atoms with Crippen LogP contribution >= 0.6 is 22.9 Å². The summed E-state index contributed by atoms with van der Waals surface area (Å²) >= 11 is 7.29. The first-order valence-electron chi connectivity index (χ1n) is 5.19. The zero-order valence-corrected chi connectivity index (χ0v) is 10.7. The monoisotopic (exact) mass is 278 g/mol. The van der Waals surface area contributed by atoms with E-state index >= 15 is 0 Å². The van der Waals surface area contributed by atoms with Crippen molar-refractivity contribution < 1.29 is 9.59 Å². The summed E-state index contributed by atoms with van der Waals surface area (Å²) in [4.78, 5) is 29.3. The van der Waals surface area contributed by atoms with Gasteiger partial charge in [-0.2, -0.15) is 0 Å². The molecule has 0 bridgehead atoms. The van der Waals surface area contributed by atoms with Gasteiger partial charge in [-0.05, 0) is 18.2 Å². The topological polar surface area (TPSA) is 50.3 Å². The lowest BCUT2D eigenvalue weighted by Crippen LogP contribution is -2.29. The molecule has 0 aliphatic carbocycles. The van der Waals surface area contributed by atoms with Crippen molar-refractivity contribution >= 4 is 40.3 Å². The second-order valence-corrected chi connectivity index (χ2v) is 5.02. The number of aromatic nitrogens is 1. The molecule has 1 aliphatic heterocycles. The molecule has 0 saturated heterocycles. The molecular weight excluding hydrogens is 272 g/mol. The van der Waals surface area contributed by atoms with Crippen LogP contribution in [0.15, 0.2) is 29.1 Å². The third kappa shape index (κ3) is 1.72. The number of hydrogen-bond acceptors (Lipinski definition) is 4.